The van der Waals surface area contributed by atoms with E-state index >= 15 is 0 Å². The van der Waals surface area contributed by atoms with Gasteiger partial charge in [-0.2, -0.15) is 5.10 Å². The van der Waals surface area contributed by atoms with Gasteiger partial charge in [-0.25, -0.2) is 4.68 Å². The van der Waals surface area contributed by atoms with Crippen molar-refractivity contribution < 1.29 is 9.47 Å². The molecule has 3 aromatic rings. The van der Waals surface area contributed by atoms with Gasteiger partial charge in [-0.15, -0.1) is 0 Å². The van der Waals surface area contributed by atoms with Crippen LogP contribution in [0.1, 0.15) is 24.0 Å². The third-order valence-corrected chi connectivity index (χ3v) is 5.17. The lowest BCUT2D eigenvalue weighted by Crippen LogP contribution is -2.36. The lowest BCUT2D eigenvalue weighted by Gasteiger charge is -2.32. The SMILES string of the molecule is COc1ccc(-n2cccn2)c(CN2CCC(OCc3cccnc3)CC2)c1. The third kappa shape index (κ3) is 4.58. The first-order valence-corrected chi connectivity index (χ1v) is 9.71. The van der Waals surface area contributed by atoms with Crippen LogP contribution >= 0.6 is 0 Å². The Morgan fingerprint density at radius 3 is 2.71 bits per heavy atom. The topological polar surface area (TPSA) is 52.4 Å². The van der Waals surface area contributed by atoms with E-state index in [-0.39, 0.29) is 0 Å². The van der Waals surface area contributed by atoms with Gasteiger partial charge >= 0.3 is 0 Å². The third-order valence-electron chi connectivity index (χ3n) is 5.17. The van der Waals surface area contributed by atoms with E-state index in [0.717, 1.165) is 49.5 Å². The number of rotatable bonds is 7. The average molecular weight is 378 g/mol. The van der Waals surface area contributed by atoms with E-state index in [1.807, 2.05) is 35.3 Å². The molecule has 1 aromatic carbocycles. The summed E-state index contributed by atoms with van der Waals surface area (Å²) in [7, 11) is 1.71. The van der Waals surface area contributed by atoms with Gasteiger partial charge in [-0.1, -0.05) is 6.07 Å². The molecule has 2 aromatic heterocycles. The van der Waals surface area contributed by atoms with Crippen molar-refractivity contribution in [2.45, 2.75) is 32.1 Å². The normalized spacial score (nSPS) is 15.6. The zero-order valence-electron chi connectivity index (χ0n) is 16.2. The number of piperidine rings is 1. The van der Waals surface area contributed by atoms with Gasteiger partial charge in [0.25, 0.3) is 0 Å². The molecule has 6 nitrogen and oxygen atoms in total. The van der Waals surface area contributed by atoms with E-state index in [1.54, 1.807) is 19.5 Å². The first-order valence-electron chi connectivity index (χ1n) is 9.71. The van der Waals surface area contributed by atoms with E-state index in [2.05, 4.69) is 33.2 Å². The molecule has 146 valence electrons. The minimum absolute atomic E-state index is 0.312. The Kier molecular flexibility index (Phi) is 5.99. The predicted octanol–water partition coefficient (Wildman–Crippen LogP) is 3.46. The molecular formula is C22H26N4O2. The highest BCUT2D eigenvalue weighted by Crippen LogP contribution is 2.24. The fourth-order valence-corrected chi connectivity index (χ4v) is 3.62. The zero-order valence-corrected chi connectivity index (χ0v) is 16.2. The number of ether oxygens (including phenoxy) is 2. The summed E-state index contributed by atoms with van der Waals surface area (Å²) < 4.78 is 13.4. The molecule has 0 bridgehead atoms. The number of likely N-dealkylation sites (tertiary alicyclic amines) is 1. The first kappa shape index (κ1) is 18.7. The summed E-state index contributed by atoms with van der Waals surface area (Å²) in [5, 5.41) is 4.39. The van der Waals surface area contributed by atoms with E-state index < -0.39 is 0 Å². The Labute approximate surface area is 165 Å². The van der Waals surface area contributed by atoms with Gasteiger partial charge in [0.05, 0.1) is 25.5 Å². The Morgan fingerprint density at radius 2 is 2.00 bits per heavy atom. The van der Waals surface area contributed by atoms with Crippen LogP contribution in [0.3, 0.4) is 0 Å². The summed E-state index contributed by atoms with van der Waals surface area (Å²) in [5.74, 6) is 0.876. The largest absolute Gasteiger partial charge is 0.497 e. The van der Waals surface area contributed by atoms with Crippen molar-refractivity contribution in [3.8, 4) is 11.4 Å². The van der Waals surface area contributed by atoms with Crippen molar-refractivity contribution in [1.82, 2.24) is 19.7 Å². The Bertz CT molecular complexity index is 860. The predicted molar refractivity (Wildman–Crippen MR) is 107 cm³/mol. The number of nitrogens with zero attached hydrogens (tertiary/aromatic N) is 4. The molecule has 1 saturated heterocycles. The summed E-state index contributed by atoms with van der Waals surface area (Å²) in [6, 6.07) is 12.1. The van der Waals surface area contributed by atoms with E-state index in [9.17, 15) is 0 Å². The lowest BCUT2D eigenvalue weighted by atomic mass is 10.1. The molecule has 1 aliphatic heterocycles. The van der Waals surface area contributed by atoms with E-state index in [0.29, 0.717) is 12.7 Å². The minimum atomic E-state index is 0.312. The first-order chi connectivity index (χ1) is 13.8. The van der Waals surface area contributed by atoms with E-state index in [1.165, 1.54) is 5.56 Å². The fraction of sp³-hybridized carbons (Fsp3) is 0.364. The van der Waals surface area contributed by atoms with Gasteiger partial charge in [-0.3, -0.25) is 9.88 Å². The highest BCUT2D eigenvalue weighted by Gasteiger charge is 2.21. The quantitative estimate of drug-likeness (QED) is 0.630. The summed E-state index contributed by atoms with van der Waals surface area (Å²) in [5.41, 5.74) is 3.45. The molecule has 0 saturated carbocycles. The van der Waals surface area contributed by atoms with Crippen LogP contribution in [0.25, 0.3) is 5.69 Å². The zero-order chi connectivity index (χ0) is 19.2. The highest BCUT2D eigenvalue weighted by atomic mass is 16.5. The molecule has 0 amide bonds. The molecule has 0 N–H and O–H groups in total. The molecule has 4 rings (SSSR count). The second-order valence-corrected chi connectivity index (χ2v) is 7.09. The summed E-state index contributed by atoms with van der Waals surface area (Å²) in [6.45, 7) is 3.56. The highest BCUT2D eigenvalue weighted by molar-refractivity contribution is 5.45. The number of hydrogen-bond donors (Lipinski definition) is 0. The smallest absolute Gasteiger partial charge is 0.119 e. The van der Waals surface area contributed by atoms with Gasteiger partial charge in [0.15, 0.2) is 0 Å². The Balaban J connectivity index is 1.35. The number of aromatic nitrogens is 3. The molecule has 1 fully saturated rings. The molecule has 0 atom stereocenters. The van der Waals surface area contributed by atoms with Crippen molar-refractivity contribution >= 4 is 0 Å². The van der Waals surface area contributed by atoms with Gasteiger partial charge in [0.1, 0.15) is 5.75 Å². The summed E-state index contributed by atoms with van der Waals surface area (Å²) >= 11 is 0. The van der Waals surface area contributed by atoms with Crippen LogP contribution in [0.15, 0.2) is 61.2 Å². The van der Waals surface area contributed by atoms with Crippen LogP contribution < -0.4 is 4.74 Å². The number of hydrogen-bond acceptors (Lipinski definition) is 5. The summed E-state index contributed by atoms with van der Waals surface area (Å²) in [6.07, 6.45) is 9.84. The average Bonchev–Trinajstić information content (AvgIpc) is 3.28. The second-order valence-electron chi connectivity index (χ2n) is 7.09. The van der Waals surface area contributed by atoms with Crippen molar-refractivity contribution in [2.24, 2.45) is 0 Å². The molecule has 0 radical (unpaired) electrons. The van der Waals surface area contributed by atoms with Gasteiger partial charge in [-0.05, 0) is 54.3 Å². The Hall–Kier alpha value is -2.70. The van der Waals surface area contributed by atoms with Crippen LogP contribution in [-0.2, 0) is 17.9 Å². The molecular weight excluding hydrogens is 352 g/mol. The van der Waals surface area contributed by atoms with Crippen LogP contribution in [0.5, 0.6) is 5.75 Å². The van der Waals surface area contributed by atoms with Crippen LogP contribution in [0.2, 0.25) is 0 Å². The summed E-state index contributed by atoms with van der Waals surface area (Å²) in [4.78, 5) is 6.62. The molecule has 0 aliphatic carbocycles. The molecule has 0 spiro atoms. The Morgan fingerprint density at radius 1 is 1.11 bits per heavy atom. The minimum Gasteiger partial charge on any atom is -0.497 e. The van der Waals surface area contributed by atoms with Crippen LogP contribution in [0, 0.1) is 0 Å². The van der Waals surface area contributed by atoms with Gasteiger partial charge in [0.2, 0.25) is 0 Å². The number of benzene rings is 1. The van der Waals surface area contributed by atoms with Crippen molar-refractivity contribution in [3.05, 3.63) is 72.3 Å². The van der Waals surface area contributed by atoms with E-state index in [4.69, 9.17) is 9.47 Å². The van der Waals surface area contributed by atoms with Crippen molar-refractivity contribution in [1.29, 1.82) is 0 Å². The van der Waals surface area contributed by atoms with Crippen LogP contribution in [-0.4, -0.2) is 46.0 Å². The molecule has 6 heteroatoms. The van der Waals surface area contributed by atoms with Gasteiger partial charge in [0, 0.05) is 44.4 Å². The van der Waals surface area contributed by atoms with Gasteiger partial charge < -0.3 is 9.47 Å². The maximum atomic E-state index is 6.09. The maximum Gasteiger partial charge on any atom is 0.119 e. The van der Waals surface area contributed by atoms with Crippen LogP contribution in [0.4, 0.5) is 0 Å². The van der Waals surface area contributed by atoms with Crippen molar-refractivity contribution in [2.75, 3.05) is 20.2 Å². The fourth-order valence-electron chi connectivity index (χ4n) is 3.62. The molecule has 1 aliphatic rings. The maximum absolute atomic E-state index is 6.09. The number of pyridine rings is 1. The molecule has 0 unspecified atom stereocenters. The standard InChI is InChI=1S/C22H26N4O2/c1-27-21-5-6-22(26-11-3-10-24-26)19(14-21)16-25-12-7-20(8-13-25)28-17-18-4-2-9-23-15-18/h2-6,9-11,14-15,20H,7-8,12-13,16-17H2,1H3. The molecule has 28 heavy (non-hydrogen) atoms. The van der Waals surface area contributed by atoms with Crippen molar-refractivity contribution in [3.63, 3.8) is 0 Å². The number of methoxy groups -OCH3 is 1. The second kappa shape index (κ2) is 8.99. The monoisotopic (exact) mass is 378 g/mol. The molecule has 3 heterocycles. The lowest BCUT2D eigenvalue weighted by molar-refractivity contribution is -0.00404.